The van der Waals surface area contributed by atoms with Crippen molar-refractivity contribution in [2.75, 3.05) is 6.61 Å². The number of aromatic hydroxyl groups is 1. The number of benzene rings is 1. The van der Waals surface area contributed by atoms with Crippen LogP contribution in [0, 0.1) is 0 Å². The molecule has 0 aliphatic carbocycles. The van der Waals surface area contributed by atoms with E-state index < -0.39 is 0 Å². The highest BCUT2D eigenvalue weighted by atomic mass is 16.5. The normalized spacial score (nSPS) is 11.8. The van der Waals surface area contributed by atoms with Crippen LogP contribution in [0.1, 0.15) is 70.1 Å². The van der Waals surface area contributed by atoms with E-state index in [4.69, 9.17) is 10.5 Å². The average molecular weight is 410 g/mol. The molecule has 3 N–H and O–H groups in total. The first-order valence-corrected chi connectivity index (χ1v) is 11.2. The molecule has 30 heavy (non-hydrogen) atoms. The van der Waals surface area contributed by atoms with Crippen LogP contribution in [-0.4, -0.2) is 26.6 Å². The summed E-state index contributed by atoms with van der Waals surface area (Å²) in [6, 6.07) is 11.6. The molecule has 0 bridgehead atoms. The molecule has 0 unspecified atom stereocenters. The van der Waals surface area contributed by atoms with E-state index in [0.29, 0.717) is 18.7 Å². The summed E-state index contributed by atoms with van der Waals surface area (Å²) in [6.45, 7) is 5.08. The third-order valence-corrected chi connectivity index (χ3v) is 5.75. The van der Waals surface area contributed by atoms with E-state index in [1.807, 2.05) is 28.9 Å². The SMILES string of the molecule is CCCCC(N)(CCCC)CCOc1ccc(Cc2cn3cccc(O)c3n2)cc1. The number of rotatable bonds is 12. The molecule has 0 aliphatic rings. The van der Waals surface area contributed by atoms with Crippen LogP contribution in [0.2, 0.25) is 0 Å². The maximum Gasteiger partial charge on any atom is 0.179 e. The molecular weight excluding hydrogens is 374 g/mol. The molecule has 0 amide bonds. The van der Waals surface area contributed by atoms with Crippen molar-refractivity contribution in [1.82, 2.24) is 9.38 Å². The Hall–Kier alpha value is -2.53. The highest BCUT2D eigenvalue weighted by Gasteiger charge is 2.23. The molecule has 0 atom stereocenters. The van der Waals surface area contributed by atoms with Crippen molar-refractivity contribution in [2.24, 2.45) is 5.73 Å². The minimum Gasteiger partial charge on any atom is -0.504 e. The fraction of sp³-hybridized carbons (Fsp3) is 0.480. The maximum absolute atomic E-state index is 9.91. The van der Waals surface area contributed by atoms with Crippen molar-refractivity contribution < 1.29 is 9.84 Å². The van der Waals surface area contributed by atoms with Crippen molar-refractivity contribution >= 4 is 5.65 Å². The predicted octanol–water partition coefficient (Wildman–Crippen LogP) is 5.48. The van der Waals surface area contributed by atoms with Gasteiger partial charge >= 0.3 is 0 Å². The van der Waals surface area contributed by atoms with Crippen molar-refractivity contribution in [1.29, 1.82) is 0 Å². The van der Waals surface area contributed by atoms with Crippen LogP contribution in [0.5, 0.6) is 11.5 Å². The number of aromatic nitrogens is 2. The van der Waals surface area contributed by atoms with Crippen molar-refractivity contribution in [3.63, 3.8) is 0 Å². The number of nitrogens with two attached hydrogens (primary N) is 1. The van der Waals surface area contributed by atoms with Crippen LogP contribution < -0.4 is 10.5 Å². The molecule has 0 saturated heterocycles. The van der Waals surface area contributed by atoms with Gasteiger partial charge < -0.3 is 20.0 Å². The number of nitrogens with zero attached hydrogens (tertiary/aromatic N) is 2. The highest BCUT2D eigenvalue weighted by Crippen LogP contribution is 2.24. The third-order valence-electron chi connectivity index (χ3n) is 5.75. The van der Waals surface area contributed by atoms with Crippen molar-refractivity contribution in [2.45, 2.75) is 70.8 Å². The van der Waals surface area contributed by atoms with Crippen molar-refractivity contribution in [3.05, 3.63) is 60.0 Å². The Morgan fingerprint density at radius 3 is 2.37 bits per heavy atom. The fourth-order valence-corrected chi connectivity index (χ4v) is 3.85. The number of hydrogen-bond donors (Lipinski definition) is 2. The summed E-state index contributed by atoms with van der Waals surface area (Å²) in [4.78, 5) is 4.52. The Kier molecular flexibility index (Phi) is 7.75. The third kappa shape index (κ3) is 5.99. The first-order valence-electron chi connectivity index (χ1n) is 11.2. The Morgan fingerprint density at radius 2 is 1.73 bits per heavy atom. The number of imidazole rings is 1. The van der Waals surface area contributed by atoms with Gasteiger partial charge in [0, 0.05) is 24.4 Å². The monoisotopic (exact) mass is 409 g/mol. The van der Waals surface area contributed by atoms with Crippen molar-refractivity contribution in [3.8, 4) is 11.5 Å². The molecule has 2 aromatic heterocycles. The predicted molar refractivity (Wildman–Crippen MR) is 122 cm³/mol. The number of fused-ring (bicyclic) bond motifs is 1. The summed E-state index contributed by atoms with van der Waals surface area (Å²) in [5.41, 5.74) is 9.23. The molecule has 2 heterocycles. The molecule has 0 fully saturated rings. The summed E-state index contributed by atoms with van der Waals surface area (Å²) < 4.78 is 7.84. The second-order valence-electron chi connectivity index (χ2n) is 8.35. The van der Waals surface area contributed by atoms with E-state index in [1.54, 1.807) is 12.1 Å². The standard InChI is InChI=1S/C25H35N3O2/c1-3-5-13-25(26,14-6-4-2)15-17-30-22-11-9-20(10-12-22)18-21-19-28-16-7-8-23(29)24(28)27-21/h7-12,16,19,29H,3-6,13-15,17-18,26H2,1-2H3. The van der Waals surface area contributed by atoms with E-state index in [2.05, 4.69) is 31.0 Å². The Labute approximate surface area is 179 Å². The van der Waals surface area contributed by atoms with Gasteiger partial charge in [0.25, 0.3) is 0 Å². The van der Waals surface area contributed by atoms with Crippen LogP contribution in [0.15, 0.2) is 48.8 Å². The van der Waals surface area contributed by atoms with Gasteiger partial charge in [-0.3, -0.25) is 0 Å². The van der Waals surface area contributed by atoms with Gasteiger partial charge in [0.1, 0.15) is 5.75 Å². The zero-order valence-corrected chi connectivity index (χ0v) is 18.3. The molecular formula is C25H35N3O2. The molecule has 0 aliphatic heterocycles. The maximum atomic E-state index is 9.91. The molecule has 3 rings (SSSR count). The zero-order valence-electron chi connectivity index (χ0n) is 18.3. The van der Waals surface area contributed by atoms with Gasteiger partial charge in [0.05, 0.1) is 12.3 Å². The van der Waals surface area contributed by atoms with Crippen LogP contribution in [0.25, 0.3) is 5.65 Å². The lowest BCUT2D eigenvalue weighted by Gasteiger charge is -2.29. The van der Waals surface area contributed by atoms with Crippen LogP contribution in [0.4, 0.5) is 0 Å². The molecule has 0 radical (unpaired) electrons. The summed E-state index contributed by atoms with van der Waals surface area (Å²) in [6.07, 6.45) is 12.3. The second-order valence-corrected chi connectivity index (χ2v) is 8.35. The average Bonchev–Trinajstić information content (AvgIpc) is 3.16. The Bertz CT molecular complexity index is 910. The van der Waals surface area contributed by atoms with Gasteiger partial charge in [-0.1, -0.05) is 51.7 Å². The van der Waals surface area contributed by atoms with E-state index in [1.165, 1.54) is 25.7 Å². The molecule has 1 aromatic carbocycles. The lowest BCUT2D eigenvalue weighted by atomic mass is 9.85. The molecule has 162 valence electrons. The van der Waals surface area contributed by atoms with Gasteiger partial charge in [0.15, 0.2) is 11.4 Å². The van der Waals surface area contributed by atoms with E-state index >= 15 is 0 Å². The topological polar surface area (TPSA) is 72.8 Å². The lowest BCUT2D eigenvalue weighted by Crippen LogP contribution is -2.41. The van der Waals surface area contributed by atoms with Crippen LogP contribution in [0.3, 0.4) is 0 Å². The fourth-order valence-electron chi connectivity index (χ4n) is 3.85. The number of unbranched alkanes of at least 4 members (excludes halogenated alkanes) is 2. The number of pyridine rings is 1. The van der Waals surface area contributed by atoms with Gasteiger partial charge in [-0.2, -0.15) is 0 Å². The summed E-state index contributed by atoms with van der Waals surface area (Å²) >= 11 is 0. The van der Waals surface area contributed by atoms with Crippen LogP contribution in [-0.2, 0) is 6.42 Å². The van der Waals surface area contributed by atoms with Gasteiger partial charge in [0.2, 0.25) is 0 Å². The minimum absolute atomic E-state index is 0.110. The lowest BCUT2D eigenvalue weighted by molar-refractivity contribution is 0.233. The molecule has 0 spiro atoms. The van der Waals surface area contributed by atoms with Gasteiger partial charge in [-0.05, 0) is 49.1 Å². The summed E-state index contributed by atoms with van der Waals surface area (Å²) in [7, 11) is 0. The van der Waals surface area contributed by atoms with E-state index in [-0.39, 0.29) is 11.3 Å². The van der Waals surface area contributed by atoms with Crippen LogP contribution >= 0.6 is 0 Å². The Morgan fingerprint density at radius 1 is 1.03 bits per heavy atom. The molecule has 5 heteroatoms. The zero-order chi connectivity index (χ0) is 21.4. The minimum atomic E-state index is -0.110. The summed E-state index contributed by atoms with van der Waals surface area (Å²) in [5, 5.41) is 9.91. The Balaban J connectivity index is 1.54. The molecule has 0 saturated carbocycles. The first-order chi connectivity index (χ1) is 14.5. The molecule has 3 aromatic rings. The van der Waals surface area contributed by atoms with Gasteiger partial charge in [-0.25, -0.2) is 4.98 Å². The first kappa shape index (κ1) is 22.2. The second kappa shape index (κ2) is 10.5. The smallest absolute Gasteiger partial charge is 0.179 e. The van der Waals surface area contributed by atoms with E-state index in [9.17, 15) is 5.11 Å². The number of hydrogen-bond acceptors (Lipinski definition) is 4. The largest absolute Gasteiger partial charge is 0.504 e. The highest BCUT2D eigenvalue weighted by molar-refractivity contribution is 5.53. The summed E-state index contributed by atoms with van der Waals surface area (Å²) in [5.74, 6) is 1.07. The quantitative estimate of drug-likeness (QED) is 0.415. The van der Waals surface area contributed by atoms with E-state index in [0.717, 1.165) is 36.3 Å². The number of ether oxygens (including phenoxy) is 1. The van der Waals surface area contributed by atoms with Gasteiger partial charge in [-0.15, -0.1) is 0 Å². The molecule has 5 nitrogen and oxygen atoms in total.